The minimum atomic E-state index is -0.631. The fourth-order valence-electron chi connectivity index (χ4n) is 2.86. The van der Waals surface area contributed by atoms with E-state index >= 15 is 0 Å². The molecule has 1 saturated heterocycles. The highest BCUT2D eigenvalue weighted by atomic mass is 16.7. The van der Waals surface area contributed by atoms with Crippen molar-refractivity contribution in [2.75, 3.05) is 0 Å². The second kappa shape index (κ2) is 6.24. The van der Waals surface area contributed by atoms with E-state index < -0.39 is 35.6 Å². The lowest BCUT2D eigenvalue weighted by molar-refractivity contribution is -0.155. The fraction of sp³-hybridized carbons (Fsp3) is 0.579. The van der Waals surface area contributed by atoms with Crippen LogP contribution in [-0.4, -0.2) is 34.5 Å². The number of esters is 1. The van der Waals surface area contributed by atoms with E-state index in [0.29, 0.717) is 11.1 Å². The second-order valence-electron chi connectivity index (χ2n) is 8.86. The molecule has 3 rings (SSSR count). The van der Waals surface area contributed by atoms with Crippen molar-refractivity contribution in [3.05, 3.63) is 28.7 Å². The Labute approximate surface area is 158 Å². The molecule has 8 heteroatoms. The summed E-state index contributed by atoms with van der Waals surface area (Å²) in [5, 5.41) is 0. The Morgan fingerprint density at radius 1 is 1.15 bits per heavy atom. The smallest absolute Gasteiger partial charge is 0.459 e. The van der Waals surface area contributed by atoms with Crippen molar-refractivity contribution in [2.45, 2.75) is 71.8 Å². The summed E-state index contributed by atoms with van der Waals surface area (Å²) in [6.07, 6.45) is 0. The number of oxazole rings is 1. The minimum Gasteiger partial charge on any atom is -0.459 e. The first-order valence-corrected chi connectivity index (χ1v) is 9.00. The second-order valence-corrected chi connectivity index (χ2v) is 8.86. The largest absolute Gasteiger partial charge is 0.494 e. The van der Waals surface area contributed by atoms with Gasteiger partial charge in [0.1, 0.15) is 12.1 Å². The van der Waals surface area contributed by atoms with Crippen LogP contribution in [0, 0.1) is 0 Å². The van der Waals surface area contributed by atoms with E-state index in [9.17, 15) is 9.59 Å². The van der Waals surface area contributed by atoms with Crippen LogP contribution in [0.3, 0.4) is 0 Å². The van der Waals surface area contributed by atoms with Crippen LogP contribution in [0.1, 0.15) is 48.5 Å². The third-order valence-electron chi connectivity index (χ3n) is 4.92. The van der Waals surface area contributed by atoms with Gasteiger partial charge in [-0.15, -0.1) is 0 Å². The lowest BCUT2D eigenvalue weighted by Crippen LogP contribution is -2.41. The van der Waals surface area contributed by atoms with Crippen molar-refractivity contribution in [1.29, 1.82) is 0 Å². The predicted molar refractivity (Wildman–Crippen MR) is 102 cm³/mol. The standard InChI is InChI=1S/C19H26BNO6/c1-17(2,3)25-15(22)11-21-13-10-12(8-9-14(13)24-16(21)23)20-26-18(4,5)19(6,7)27-20/h8-10H,11H2,1-7H3. The molecule has 2 heterocycles. The Kier molecular flexibility index (Phi) is 4.55. The van der Waals surface area contributed by atoms with E-state index in [0.717, 1.165) is 5.46 Å². The van der Waals surface area contributed by atoms with Crippen LogP contribution in [0.4, 0.5) is 0 Å². The molecule has 1 aromatic carbocycles. The first kappa shape index (κ1) is 19.7. The molecule has 0 atom stereocenters. The van der Waals surface area contributed by atoms with Crippen LogP contribution in [0.2, 0.25) is 0 Å². The number of carbonyl (C=O) groups excluding carboxylic acids is 1. The maximum atomic E-state index is 12.2. The number of carbonyl (C=O) groups is 1. The normalized spacial score (nSPS) is 18.9. The molecular formula is C19H26BNO6. The predicted octanol–water partition coefficient (Wildman–Crippen LogP) is 2.24. The lowest BCUT2D eigenvalue weighted by atomic mass is 9.79. The third-order valence-corrected chi connectivity index (χ3v) is 4.92. The molecule has 0 saturated carbocycles. The Morgan fingerprint density at radius 3 is 2.30 bits per heavy atom. The number of aromatic nitrogens is 1. The first-order chi connectivity index (χ1) is 12.3. The van der Waals surface area contributed by atoms with Gasteiger partial charge in [-0.25, -0.2) is 4.79 Å². The molecule has 27 heavy (non-hydrogen) atoms. The zero-order valence-corrected chi connectivity index (χ0v) is 16.9. The zero-order chi connectivity index (χ0) is 20.2. The van der Waals surface area contributed by atoms with Gasteiger partial charge in [-0.1, -0.05) is 6.07 Å². The summed E-state index contributed by atoms with van der Waals surface area (Å²) in [6.45, 7) is 13.0. The molecule has 0 aliphatic carbocycles. The van der Waals surface area contributed by atoms with E-state index in [2.05, 4.69) is 0 Å². The van der Waals surface area contributed by atoms with Crippen molar-refractivity contribution < 1.29 is 23.3 Å². The molecule has 0 unspecified atom stereocenters. The van der Waals surface area contributed by atoms with Crippen molar-refractivity contribution in [3.63, 3.8) is 0 Å². The SMILES string of the molecule is CC(C)(C)OC(=O)Cn1c(=O)oc2ccc(B3OC(C)(C)C(C)(C)O3)cc21. The van der Waals surface area contributed by atoms with Gasteiger partial charge in [-0.05, 0) is 66.1 Å². The summed E-state index contributed by atoms with van der Waals surface area (Å²) in [6, 6.07) is 5.24. The van der Waals surface area contributed by atoms with Gasteiger partial charge < -0.3 is 18.5 Å². The molecule has 1 fully saturated rings. The Bertz CT molecular complexity index is 918. The molecule has 0 radical (unpaired) electrons. The molecule has 2 aromatic rings. The number of fused-ring (bicyclic) bond motifs is 1. The Morgan fingerprint density at radius 2 is 1.74 bits per heavy atom. The van der Waals surface area contributed by atoms with Crippen LogP contribution in [-0.2, 0) is 25.4 Å². The van der Waals surface area contributed by atoms with Gasteiger partial charge >= 0.3 is 18.8 Å². The molecule has 0 spiro atoms. The Hall–Kier alpha value is -2.06. The number of ether oxygens (including phenoxy) is 1. The summed E-state index contributed by atoms with van der Waals surface area (Å²) in [5.41, 5.74) is 0.0636. The van der Waals surface area contributed by atoms with E-state index in [1.807, 2.05) is 27.7 Å². The summed E-state index contributed by atoms with van der Waals surface area (Å²) in [4.78, 5) is 24.4. The number of rotatable bonds is 3. The highest BCUT2D eigenvalue weighted by molar-refractivity contribution is 6.62. The number of hydrogen-bond donors (Lipinski definition) is 0. The fourth-order valence-corrected chi connectivity index (χ4v) is 2.86. The van der Waals surface area contributed by atoms with Crippen molar-refractivity contribution in [3.8, 4) is 0 Å². The van der Waals surface area contributed by atoms with E-state index in [-0.39, 0.29) is 6.54 Å². The topological polar surface area (TPSA) is 79.9 Å². The van der Waals surface area contributed by atoms with Crippen LogP contribution in [0.15, 0.2) is 27.4 Å². The average molecular weight is 375 g/mol. The molecular weight excluding hydrogens is 349 g/mol. The van der Waals surface area contributed by atoms with Gasteiger partial charge in [0.25, 0.3) is 0 Å². The van der Waals surface area contributed by atoms with E-state index in [1.54, 1.807) is 39.0 Å². The van der Waals surface area contributed by atoms with E-state index in [1.165, 1.54) is 4.57 Å². The monoisotopic (exact) mass is 375 g/mol. The van der Waals surface area contributed by atoms with Crippen LogP contribution < -0.4 is 11.2 Å². The zero-order valence-electron chi connectivity index (χ0n) is 16.9. The quantitative estimate of drug-likeness (QED) is 0.605. The summed E-state index contributed by atoms with van der Waals surface area (Å²) in [7, 11) is -0.570. The van der Waals surface area contributed by atoms with Crippen LogP contribution in [0.5, 0.6) is 0 Å². The maximum absolute atomic E-state index is 12.2. The summed E-state index contributed by atoms with van der Waals surface area (Å²) < 4.78 is 23.9. The van der Waals surface area contributed by atoms with Crippen LogP contribution >= 0.6 is 0 Å². The van der Waals surface area contributed by atoms with Crippen LogP contribution in [0.25, 0.3) is 11.1 Å². The van der Waals surface area contributed by atoms with Crippen molar-refractivity contribution in [1.82, 2.24) is 4.57 Å². The Balaban J connectivity index is 1.94. The van der Waals surface area contributed by atoms with Gasteiger partial charge in [-0.3, -0.25) is 9.36 Å². The number of hydrogen-bond acceptors (Lipinski definition) is 6. The summed E-state index contributed by atoms with van der Waals surface area (Å²) in [5.74, 6) is -1.12. The van der Waals surface area contributed by atoms with Gasteiger partial charge in [0.2, 0.25) is 0 Å². The van der Waals surface area contributed by atoms with Crippen molar-refractivity contribution in [2.24, 2.45) is 0 Å². The molecule has 0 bridgehead atoms. The molecule has 146 valence electrons. The molecule has 1 aliphatic rings. The third kappa shape index (κ3) is 3.82. The summed E-state index contributed by atoms with van der Waals surface area (Å²) >= 11 is 0. The van der Waals surface area contributed by atoms with E-state index in [4.69, 9.17) is 18.5 Å². The molecule has 0 N–H and O–H groups in total. The molecule has 1 aromatic heterocycles. The van der Waals surface area contributed by atoms with Gasteiger partial charge in [0.05, 0.1) is 16.7 Å². The molecule has 7 nitrogen and oxygen atoms in total. The van der Waals surface area contributed by atoms with Crippen molar-refractivity contribution >= 4 is 29.7 Å². The molecule has 1 aliphatic heterocycles. The minimum absolute atomic E-state index is 0.226. The first-order valence-electron chi connectivity index (χ1n) is 9.00. The highest BCUT2D eigenvalue weighted by Gasteiger charge is 2.51. The number of benzene rings is 1. The lowest BCUT2D eigenvalue weighted by Gasteiger charge is -2.32. The molecule has 0 amide bonds. The van der Waals surface area contributed by atoms with Gasteiger partial charge in [-0.2, -0.15) is 0 Å². The van der Waals surface area contributed by atoms with Gasteiger partial charge in [0, 0.05) is 0 Å². The average Bonchev–Trinajstić information content (AvgIpc) is 2.90. The maximum Gasteiger partial charge on any atom is 0.494 e. The highest BCUT2D eigenvalue weighted by Crippen LogP contribution is 2.36. The van der Waals surface area contributed by atoms with Gasteiger partial charge in [0.15, 0.2) is 5.58 Å². The number of nitrogens with zero attached hydrogens (tertiary/aromatic N) is 1.